The number of rotatable bonds is 4. The average Bonchev–Trinajstić information content (AvgIpc) is 2.83. The first-order chi connectivity index (χ1) is 8.16. The Hall–Kier alpha value is -1.46. The molecule has 1 aliphatic rings. The van der Waals surface area contributed by atoms with Crippen LogP contribution in [-0.4, -0.2) is 24.2 Å². The minimum absolute atomic E-state index is 0.0685. The highest BCUT2D eigenvalue weighted by molar-refractivity contribution is 5.33. The van der Waals surface area contributed by atoms with Crippen LogP contribution in [0.2, 0.25) is 0 Å². The molecular formula is C12H16N2O3. The molecule has 5 nitrogen and oxygen atoms in total. The summed E-state index contributed by atoms with van der Waals surface area (Å²) < 4.78 is 5.30. The molecule has 0 radical (unpaired) electrons. The monoisotopic (exact) mass is 236 g/mol. The van der Waals surface area contributed by atoms with Crippen molar-refractivity contribution in [1.82, 2.24) is 0 Å². The summed E-state index contributed by atoms with van der Waals surface area (Å²) >= 11 is 0. The lowest BCUT2D eigenvalue weighted by Gasteiger charge is -2.17. The van der Waals surface area contributed by atoms with Crippen LogP contribution in [0, 0.1) is 16.0 Å². The molecule has 2 rings (SSSR count). The van der Waals surface area contributed by atoms with Crippen molar-refractivity contribution in [2.24, 2.45) is 11.7 Å². The van der Waals surface area contributed by atoms with Crippen molar-refractivity contribution in [3.05, 3.63) is 39.9 Å². The second-order valence-corrected chi connectivity index (χ2v) is 4.42. The van der Waals surface area contributed by atoms with Gasteiger partial charge < -0.3 is 10.5 Å². The predicted octanol–water partition coefficient (Wildman–Crippen LogP) is 1.50. The Bertz CT molecular complexity index is 385. The number of hydrogen-bond acceptors (Lipinski definition) is 4. The lowest BCUT2D eigenvalue weighted by Crippen LogP contribution is -2.32. The first-order valence-electron chi connectivity index (χ1n) is 5.73. The molecule has 0 aliphatic carbocycles. The Morgan fingerprint density at radius 1 is 1.47 bits per heavy atom. The molecule has 1 aliphatic heterocycles. The second kappa shape index (κ2) is 5.25. The summed E-state index contributed by atoms with van der Waals surface area (Å²) in [5.41, 5.74) is 7.25. The van der Waals surface area contributed by atoms with Gasteiger partial charge in [-0.1, -0.05) is 12.1 Å². The van der Waals surface area contributed by atoms with Gasteiger partial charge in [0.15, 0.2) is 0 Å². The molecule has 1 saturated heterocycles. The van der Waals surface area contributed by atoms with Crippen LogP contribution >= 0.6 is 0 Å². The molecular weight excluding hydrogens is 220 g/mol. The van der Waals surface area contributed by atoms with Gasteiger partial charge in [0, 0.05) is 24.8 Å². The number of benzene rings is 1. The largest absolute Gasteiger partial charge is 0.381 e. The standard InChI is InChI=1S/C12H16N2O3/c13-12(10-5-6-17-8-10)7-9-1-3-11(4-2-9)14(15)16/h1-4,10,12H,5-8,13H2. The predicted molar refractivity (Wildman–Crippen MR) is 63.7 cm³/mol. The Balaban J connectivity index is 1.96. The van der Waals surface area contributed by atoms with Gasteiger partial charge in [-0.05, 0) is 24.3 Å². The van der Waals surface area contributed by atoms with Gasteiger partial charge in [0.2, 0.25) is 0 Å². The van der Waals surface area contributed by atoms with Gasteiger partial charge in [0.1, 0.15) is 0 Å². The van der Waals surface area contributed by atoms with Crippen molar-refractivity contribution < 1.29 is 9.66 Å². The zero-order valence-corrected chi connectivity index (χ0v) is 9.54. The first kappa shape index (κ1) is 12.0. The summed E-state index contributed by atoms with van der Waals surface area (Å²) in [7, 11) is 0. The highest BCUT2D eigenvalue weighted by Crippen LogP contribution is 2.19. The number of hydrogen-bond donors (Lipinski definition) is 1. The normalized spacial score (nSPS) is 21.4. The van der Waals surface area contributed by atoms with Crippen LogP contribution in [0.15, 0.2) is 24.3 Å². The molecule has 2 atom stereocenters. The van der Waals surface area contributed by atoms with E-state index in [0.717, 1.165) is 31.6 Å². The quantitative estimate of drug-likeness (QED) is 0.634. The van der Waals surface area contributed by atoms with E-state index >= 15 is 0 Å². The van der Waals surface area contributed by atoms with E-state index in [-0.39, 0.29) is 11.7 Å². The summed E-state index contributed by atoms with van der Waals surface area (Å²) in [5, 5.41) is 10.5. The van der Waals surface area contributed by atoms with E-state index in [9.17, 15) is 10.1 Å². The van der Waals surface area contributed by atoms with E-state index in [1.165, 1.54) is 12.1 Å². The van der Waals surface area contributed by atoms with Gasteiger partial charge in [-0.3, -0.25) is 10.1 Å². The number of nitro groups is 1. The third-order valence-electron chi connectivity index (χ3n) is 3.19. The SMILES string of the molecule is NC(Cc1ccc([N+](=O)[O-])cc1)C1CCOC1. The van der Waals surface area contributed by atoms with E-state index in [2.05, 4.69) is 0 Å². The van der Waals surface area contributed by atoms with Gasteiger partial charge in [-0.25, -0.2) is 0 Å². The van der Waals surface area contributed by atoms with E-state index in [0.29, 0.717) is 5.92 Å². The minimum atomic E-state index is -0.394. The third-order valence-corrected chi connectivity index (χ3v) is 3.19. The molecule has 17 heavy (non-hydrogen) atoms. The maximum absolute atomic E-state index is 10.5. The molecule has 2 N–H and O–H groups in total. The molecule has 5 heteroatoms. The summed E-state index contributed by atoms with van der Waals surface area (Å²) in [5.74, 6) is 0.408. The molecule has 2 unspecified atom stereocenters. The highest BCUT2D eigenvalue weighted by atomic mass is 16.6. The topological polar surface area (TPSA) is 78.4 Å². The van der Waals surface area contributed by atoms with Gasteiger partial charge >= 0.3 is 0 Å². The fourth-order valence-electron chi connectivity index (χ4n) is 2.08. The van der Waals surface area contributed by atoms with Crippen molar-refractivity contribution in [2.45, 2.75) is 18.9 Å². The van der Waals surface area contributed by atoms with Gasteiger partial charge in [0.25, 0.3) is 5.69 Å². The number of nitrogens with zero attached hydrogens (tertiary/aromatic N) is 1. The third kappa shape index (κ3) is 3.01. The summed E-state index contributed by atoms with van der Waals surface area (Å²) in [4.78, 5) is 10.1. The molecule has 0 saturated carbocycles. The van der Waals surface area contributed by atoms with Crippen LogP contribution in [0.25, 0.3) is 0 Å². The molecule has 0 amide bonds. The molecule has 1 heterocycles. The molecule has 1 fully saturated rings. The summed E-state index contributed by atoms with van der Waals surface area (Å²) in [6.07, 6.45) is 1.75. The molecule has 1 aromatic rings. The molecule has 1 aromatic carbocycles. The van der Waals surface area contributed by atoms with E-state index in [4.69, 9.17) is 10.5 Å². The minimum Gasteiger partial charge on any atom is -0.381 e. The Morgan fingerprint density at radius 2 is 2.18 bits per heavy atom. The number of nitro benzene ring substituents is 1. The number of nitrogens with two attached hydrogens (primary N) is 1. The van der Waals surface area contributed by atoms with Gasteiger partial charge in [-0.2, -0.15) is 0 Å². The fraction of sp³-hybridized carbons (Fsp3) is 0.500. The number of ether oxygens (including phenoxy) is 1. The average molecular weight is 236 g/mol. The summed E-state index contributed by atoms with van der Waals surface area (Å²) in [6.45, 7) is 1.52. The van der Waals surface area contributed by atoms with Crippen LogP contribution < -0.4 is 5.73 Å². The van der Waals surface area contributed by atoms with E-state index in [1.807, 2.05) is 0 Å². The fourth-order valence-corrected chi connectivity index (χ4v) is 2.08. The van der Waals surface area contributed by atoms with Crippen molar-refractivity contribution in [3.8, 4) is 0 Å². The Kier molecular flexibility index (Phi) is 3.71. The van der Waals surface area contributed by atoms with Crippen molar-refractivity contribution in [2.75, 3.05) is 13.2 Å². The van der Waals surface area contributed by atoms with Crippen LogP contribution in [0.3, 0.4) is 0 Å². The van der Waals surface area contributed by atoms with Crippen molar-refractivity contribution in [3.63, 3.8) is 0 Å². The Morgan fingerprint density at radius 3 is 2.71 bits per heavy atom. The lowest BCUT2D eigenvalue weighted by atomic mass is 9.94. The molecule has 92 valence electrons. The first-order valence-corrected chi connectivity index (χ1v) is 5.73. The van der Waals surface area contributed by atoms with Crippen LogP contribution in [-0.2, 0) is 11.2 Å². The van der Waals surface area contributed by atoms with Crippen molar-refractivity contribution in [1.29, 1.82) is 0 Å². The lowest BCUT2D eigenvalue weighted by molar-refractivity contribution is -0.384. The highest BCUT2D eigenvalue weighted by Gasteiger charge is 2.22. The van der Waals surface area contributed by atoms with Crippen LogP contribution in [0.4, 0.5) is 5.69 Å². The maximum atomic E-state index is 10.5. The summed E-state index contributed by atoms with van der Waals surface area (Å²) in [6, 6.07) is 6.65. The Labute approximate surface area is 99.7 Å². The molecule has 0 aromatic heterocycles. The molecule has 0 spiro atoms. The van der Waals surface area contributed by atoms with Crippen LogP contribution in [0.5, 0.6) is 0 Å². The van der Waals surface area contributed by atoms with Crippen LogP contribution in [0.1, 0.15) is 12.0 Å². The van der Waals surface area contributed by atoms with E-state index in [1.54, 1.807) is 12.1 Å². The van der Waals surface area contributed by atoms with Crippen molar-refractivity contribution >= 4 is 5.69 Å². The second-order valence-electron chi connectivity index (χ2n) is 4.42. The zero-order valence-electron chi connectivity index (χ0n) is 9.54. The van der Waals surface area contributed by atoms with E-state index < -0.39 is 4.92 Å². The zero-order chi connectivity index (χ0) is 12.3. The number of non-ortho nitro benzene ring substituents is 1. The maximum Gasteiger partial charge on any atom is 0.269 e. The smallest absolute Gasteiger partial charge is 0.269 e. The molecule has 0 bridgehead atoms. The van der Waals surface area contributed by atoms with Gasteiger partial charge in [0.05, 0.1) is 11.5 Å². The van der Waals surface area contributed by atoms with Gasteiger partial charge in [-0.15, -0.1) is 0 Å².